The second kappa shape index (κ2) is 3.99. The summed E-state index contributed by atoms with van der Waals surface area (Å²) >= 11 is 0. The van der Waals surface area contributed by atoms with E-state index < -0.39 is 0 Å². The van der Waals surface area contributed by atoms with Gasteiger partial charge in [-0.25, -0.2) is 0 Å². The molecule has 0 amide bonds. The molecule has 84 valence electrons. The first kappa shape index (κ1) is 10.7. The van der Waals surface area contributed by atoms with Crippen molar-refractivity contribution in [3.05, 3.63) is 23.7 Å². The average Bonchev–Trinajstić information content (AvgIpc) is 2.58. The standard InChI is InChI=1S/C12H19NO2/c1-9-4-5-11(15-9)10(2)13-6-12(3)7-14-8-12/h4-5,10,13H,6-8H2,1-3H3. The molecule has 2 rings (SSSR count). The Morgan fingerprint density at radius 2 is 2.20 bits per heavy atom. The van der Waals surface area contributed by atoms with E-state index in [1.54, 1.807) is 0 Å². The lowest BCUT2D eigenvalue weighted by Crippen LogP contribution is -2.47. The molecule has 2 heterocycles. The molecule has 1 atom stereocenters. The highest BCUT2D eigenvalue weighted by atomic mass is 16.5. The SMILES string of the molecule is Cc1ccc(C(C)NCC2(C)COC2)o1. The normalized spacial score (nSPS) is 21.0. The summed E-state index contributed by atoms with van der Waals surface area (Å²) in [5, 5.41) is 3.48. The number of hydrogen-bond acceptors (Lipinski definition) is 3. The molecule has 0 saturated carbocycles. The molecule has 1 aliphatic rings. The average molecular weight is 209 g/mol. The van der Waals surface area contributed by atoms with E-state index in [4.69, 9.17) is 9.15 Å². The van der Waals surface area contributed by atoms with Gasteiger partial charge in [-0.3, -0.25) is 0 Å². The fourth-order valence-corrected chi connectivity index (χ4v) is 1.74. The maximum Gasteiger partial charge on any atom is 0.120 e. The van der Waals surface area contributed by atoms with E-state index in [0.29, 0.717) is 5.41 Å². The van der Waals surface area contributed by atoms with Gasteiger partial charge in [-0.2, -0.15) is 0 Å². The molecule has 3 heteroatoms. The zero-order valence-electron chi connectivity index (χ0n) is 9.67. The molecule has 1 N–H and O–H groups in total. The number of aryl methyl sites for hydroxylation is 1. The Kier molecular flexibility index (Phi) is 2.85. The monoisotopic (exact) mass is 209 g/mol. The molecule has 1 aliphatic heterocycles. The van der Waals surface area contributed by atoms with E-state index in [9.17, 15) is 0 Å². The third-order valence-electron chi connectivity index (χ3n) is 2.92. The maximum absolute atomic E-state index is 5.57. The van der Waals surface area contributed by atoms with E-state index in [2.05, 4.69) is 19.2 Å². The van der Waals surface area contributed by atoms with Crippen LogP contribution in [0.1, 0.15) is 31.4 Å². The van der Waals surface area contributed by atoms with Gasteiger partial charge in [0.15, 0.2) is 0 Å². The summed E-state index contributed by atoms with van der Waals surface area (Å²) in [6.07, 6.45) is 0. The summed E-state index contributed by atoms with van der Waals surface area (Å²) in [5.74, 6) is 1.98. The first-order valence-corrected chi connectivity index (χ1v) is 5.47. The van der Waals surface area contributed by atoms with Gasteiger partial charge < -0.3 is 14.5 Å². The van der Waals surface area contributed by atoms with Crippen LogP contribution in [0, 0.1) is 12.3 Å². The summed E-state index contributed by atoms with van der Waals surface area (Å²) < 4.78 is 10.8. The minimum Gasteiger partial charge on any atom is -0.465 e. The molecule has 0 aliphatic carbocycles. The number of rotatable bonds is 4. The van der Waals surface area contributed by atoms with E-state index in [-0.39, 0.29) is 6.04 Å². The van der Waals surface area contributed by atoms with Gasteiger partial charge in [-0.15, -0.1) is 0 Å². The van der Waals surface area contributed by atoms with Gasteiger partial charge in [0, 0.05) is 12.0 Å². The van der Waals surface area contributed by atoms with Crippen molar-refractivity contribution in [2.24, 2.45) is 5.41 Å². The van der Waals surface area contributed by atoms with Crippen molar-refractivity contribution in [2.75, 3.05) is 19.8 Å². The minimum absolute atomic E-state index is 0.274. The molecule has 15 heavy (non-hydrogen) atoms. The third kappa shape index (κ3) is 2.41. The molecule has 1 unspecified atom stereocenters. The smallest absolute Gasteiger partial charge is 0.120 e. The van der Waals surface area contributed by atoms with Gasteiger partial charge in [-0.1, -0.05) is 6.92 Å². The van der Waals surface area contributed by atoms with Crippen LogP contribution in [0.4, 0.5) is 0 Å². The lowest BCUT2D eigenvalue weighted by Gasteiger charge is -2.38. The Labute approximate surface area is 90.8 Å². The van der Waals surface area contributed by atoms with Crippen LogP contribution in [-0.2, 0) is 4.74 Å². The second-order valence-corrected chi connectivity index (χ2v) is 4.85. The molecule has 0 spiro atoms. The van der Waals surface area contributed by atoms with Gasteiger partial charge in [0.1, 0.15) is 11.5 Å². The Morgan fingerprint density at radius 1 is 1.47 bits per heavy atom. The van der Waals surface area contributed by atoms with Gasteiger partial charge >= 0.3 is 0 Å². The van der Waals surface area contributed by atoms with Crippen LogP contribution in [0.15, 0.2) is 16.5 Å². The number of furan rings is 1. The van der Waals surface area contributed by atoms with Crippen LogP contribution in [0.2, 0.25) is 0 Å². The van der Waals surface area contributed by atoms with Gasteiger partial charge in [0.25, 0.3) is 0 Å². The fourth-order valence-electron chi connectivity index (χ4n) is 1.74. The zero-order valence-corrected chi connectivity index (χ0v) is 9.67. The van der Waals surface area contributed by atoms with Crippen molar-refractivity contribution >= 4 is 0 Å². The topological polar surface area (TPSA) is 34.4 Å². The van der Waals surface area contributed by atoms with E-state index in [1.807, 2.05) is 19.1 Å². The predicted octanol–water partition coefficient (Wildman–Crippen LogP) is 2.28. The van der Waals surface area contributed by atoms with Crippen LogP contribution < -0.4 is 5.32 Å². The Bertz CT molecular complexity index is 328. The summed E-state index contributed by atoms with van der Waals surface area (Å²) in [6.45, 7) is 9.05. The molecular formula is C12H19NO2. The number of hydrogen-bond donors (Lipinski definition) is 1. The Hall–Kier alpha value is -0.800. The van der Waals surface area contributed by atoms with Gasteiger partial charge in [0.05, 0.1) is 19.3 Å². The van der Waals surface area contributed by atoms with Crippen LogP contribution in [0.25, 0.3) is 0 Å². The van der Waals surface area contributed by atoms with E-state index in [0.717, 1.165) is 31.3 Å². The quantitative estimate of drug-likeness (QED) is 0.826. The first-order valence-electron chi connectivity index (χ1n) is 5.47. The van der Waals surface area contributed by atoms with Crippen LogP contribution >= 0.6 is 0 Å². The van der Waals surface area contributed by atoms with Crippen molar-refractivity contribution < 1.29 is 9.15 Å². The summed E-state index contributed by atoms with van der Waals surface area (Å²) in [4.78, 5) is 0. The molecule has 0 bridgehead atoms. The second-order valence-electron chi connectivity index (χ2n) is 4.85. The molecule has 1 aromatic heterocycles. The van der Waals surface area contributed by atoms with Gasteiger partial charge in [0.2, 0.25) is 0 Å². The molecule has 1 saturated heterocycles. The highest BCUT2D eigenvalue weighted by Gasteiger charge is 2.33. The molecule has 0 radical (unpaired) electrons. The molecule has 1 fully saturated rings. The molecule has 1 aromatic rings. The summed E-state index contributed by atoms with van der Waals surface area (Å²) in [6, 6.07) is 4.31. The number of ether oxygens (including phenoxy) is 1. The summed E-state index contributed by atoms with van der Waals surface area (Å²) in [5.41, 5.74) is 0.315. The molecule has 0 aromatic carbocycles. The van der Waals surface area contributed by atoms with Crippen molar-refractivity contribution in [2.45, 2.75) is 26.8 Å². The summed E-state index contributed by atoms with van der Waals surface area (Å²) in [7, 11) is 0. The third-order valence-corrected chi connectivity index (χ3v) is 2.92. The first-order chi connectivity index (χ1) is 7.09. The van der Waals surface area contributed by atoms with E-state index >= 15 is 0 Å². The highest BCUT2D eigenvalue weighted by Crippen LogP contribution is 2.26. The van der Waals surface area contributed by atoms with Crippen LogP contribution in [0.5, 0.6) is 0 Å². The highest BCUT2D eigenvalue weighted by molar-refractivity contribution is 5.09. The lowest BCUT2D eigenvalue weighted by molar-refractivity contribution is -0.100. The van der Waals surface area contributed by atoms with Crippen molar-refractivity contribution in [1.82, 2.24) is 5.32 Å². The number of nitrogens with one attached hydrogen (secondary N) is 1. The zero-order chi connectivity index (χ0) is 10.9. The molecular weight excluding hydrogens is 190 g/mol. The lowest BCUT2D eigenvalue weighted by atomic mass is 9.88. The van der Waals surface area contributed by atoms with Crippen molar-refractivity contribution in [1.29, 1.82) is 0 Å². The van der Waals surface area contributed by atoms with Crippen LogP contribution in [0.3, 0.4) is 0 Å². The van der Waals surface area contributed by atoms with Crippen molar-refractivity contribution in [3.63, 3.8) is 0 Å². The Balaban J connectivity index is 1.84. The Morgan fingerprint density at radius 3 is 2.67 bits per heavy atom. The molecule has 3 nitrogen and oxygen atoms in total. The largest absolute Gasteiger partial charge is 0.465 e. The maximum atomic E-state index is 5.57. The van der Waals surface area contributed by atoms with Gasteiger partial charge in [-0.05, 0) is 26.0 Å². The minimum atomic E-state index is 0.274. The van der Waals surface area contributed by atoms with Crippen LogP contribution in [-0.4, -0.2) is 19.8 Å². The predicted molar refractivity (Wildman–Crippen MR) is 58.8 cm³/mol. The fraction of sp³-hybridized carbons (Fsp3) is 0.667. The van der Waals surface area contributed by atoms with E-state index in [1.165, 1.54) is 0 Å². The van der Waals surface area contributed by atoms with Crippen molar-refractivity contribution in [3.8, 4) is 0 Å².